The lowest BCUT2D eigenvalue weighted by Gasteiger charge is -2.10. The number of anilines is 1. The van der Waals surface area contributed by atoms with Crippen molar-refractivity contribution in [3.8, 4) is 17.0 Å². The average molecular weight is 302 g/mol. The first-order chi connectivity index (χ1) is 10.6. The zero-order chi connectivity index (χ0) is 16.1. The van der Waals surface area contributed by atoms with Crippen molar-refractivity contribution in [3.63, 3.8) is 0 Å². The van der Waals surface area contributed by atoms with Gasteiger partial charge in [-0.05, 0) is 30.2 Å². The number of rotatable bonds is 6. The number of hydrogen-bond donors (Lipinski definition) is 2. The molecule has 1 aromatic carbocycles. The van der Waals surface area contributed by atoms with Crippen molar-refractivity contribution in [3.05, 3.63) is 30.0 Å². The van der Waals surface area contributed by atoms with Gasteiger partial charge in [0, 0.05) is 25.3 Å². The van der Waals surface area contributed by atoms with E-state index in [2.05, 4.69) is 17.3 Å². The summed E-state index contributed by atoms with van der Waals surface area (Å²) in [5, 5.41) is 6.85. The molecule has 0 radical (unpaired) electrons. The molecule has 6 heteroatoms. The highest BCUT2D eigenvalue weighted by Crippen LogP contribution is 2.31. The smallest absolute Gasteiger partial charge is 0.251 e. The molecule has 0 fully saturated rings. The highest BCUT2D eigenvalue weighted by Gasteiger charge is 2.15. The maximum absolute atomic E-state index is 11.8. The van der Waals surface area contributed by atoms with Crippen molar-refractivity contribution >= 4 is 11.6 Å². The summed E-state index contributed by atoms with van der Waals surface area (Å²) >= 11 is 0. The Labute approximate surface area is 130 Å². The number of amides is 1. The van der Waals surface area contributed by atoms with Crippen LogP contribution in [0.3, 0.4) is 0 Å². The maximum Gasteiger partial charge on any atom is 0.251 e. The Balaban J connectivity index is 2.39. The SMILES string of the molecule is CCCCOc1c(-c2cc(N)cc(C(=O)NC)c2)cnn1C. The van der Waals surface area contributed by atoms with Gasteiger partial charge < -0.3 is 15.8 Å². The third-order valence-electron chi connectivity index (χ3n) is 3.38. The number of nitrogens with one attached hydrogen (secondary N) is 1. The van der Waals surface area contributed by atoms with Gasteiger partial charge in [-0.3, -0.25) is 4.79 Å². The second kappa shape index (κ2) is 6.98. The van der Waals surface area contributed by atoms with E-state index in [1.807, 2.05) is 13.1 Å². The van der Waals surface area contributed by atoms with Gasteiger partial charge >= 0.3 is 0 Å². The molecule has 1 aromatic heterocycles. The molecule has 0 aliphatic heterocycles. The van der Waals surface area contributed by atoms with Gasteiger partial charge in [0.25, 0.3) is 5.91 Å². The van der Waals surface area contributed by atoms with Crippen LogP contribution in [0.2, 0.25) is 0 Å². The molecule has 118 valence electrons. The number of carbonyl (C=O) groups is 1. The first-order valence-electron chi connectivity index (χ1n) is 7.34. The molecule has 0 bridgehead atoms. The van der Waals surface area contributed by atoms with Crippen molar-refractivity contribution in [2.75, 3.05) is 19.4 Å². The molecule has 1 amide bonds. The van der Waals surface area contributed by atoms with Gasteiger partial charge in [-0.25, -0.2) is 4.68 Å². The van der Waals surface area contributed by atoms with Crippen LogP contribution in [0.5, 0.6) is 5.88 Å². The van der Waals surface area contributed by atoms with Crippen LogP contribution in [0.25, 0.3) is 11.1 Å². The minimum Gasteiger partial charge on any atom is -0.477 e. The Morgan fingerprint density at radius 2 is 2.18 bits per heavy atom. The summed E-state index contributed by atoms with van der Waals surface area (Å²) in [6.07, 6.45) is 3.76. The minimum atomic E-state index is -0.175. The van der Waals surface area contributed by atoms with E-state index in [0.29, 0.717) is 23.7 Å². The van der Waals surface area contributed by atoms with Crippen molar-refractivity contribution in [1.29, 1.82) is 0 Å². The normalized spacial score (nSPS) is 10.5. The van der Waals surface area contributed by atoms with E-state index in [1.165, 1.54) is 0 Å². The van der Waals surface area contributed by atoms with Crippen molar-refractivity contribution in [2.24, 2.45) is 7.05 Å². The summed E-state index contributed by atoms with van der Waals surface area (Å²) in [5.74, 6) is 0.507. The molecule has 1 heterocycles. The molecule has 0 spiro atoms. The predicted octanol–water partition coefficient (Wildman–Crippen LogP) is 2.21. The van der Waals surface area contributed by atoms with E-state index in [9.17, 15) is 4.79 Å². The molecule has 2 rings (SSSR count). The second-order valence-corrected chi connectivity index (χ2v) is 5.11. The molecule has 0 saturated heterocycles. The molecule has 6 nitrogen and oxygen atoms in total. The van der Waals surface area contributed by atoms with E-state index in [-0.39, 0.29) is 5.91 Å². The lowest BCUT2D eigenvalue weighted by Crippen LogP contribution is -2.18. The number of aromatic nitrogens is 2. The summed E-state index contributed by atoms with van der Waals surface area (Å²) in [6, 6.07) is 5.26. The first-order valence-corrected chi connectivity index (χ1v) is 7.34. The Kier molecular flexibility index (Phi) is 5.04. The number of aryl methyl sites for hydroxylation is 1. The standard InChI is InChI=1S/C16H22N4O2/c1-4-5-6-22-16-14(10-19-20(16)3)11-7-12(15(21)18-2)9-13(17)8-11/h7-10H,4-6,17H2,1-3H3,(H,18,21). The average Bonchev–Trinajstić information content (AvgIpc) is 2.87. The molecule has 0 saturated carbocycles. The van der Waals surface area contributed by atoms with Crippen LogP contribution in [0.4, 0.5) is 5.69 Å². The van der Waals surface area contributed by atoms with E-state index < -0.39 is 0 Å². The summed E-state index contributed by atoms with van der Waals surface area (Å²) < 4.78 is 7.52. The summed E-state index contributed by atoms with van der Waals surface area (Å²) in [5.41, 5.74) is 8.61. The third-order valence-corrected chi connectivity index (χ3v) is 3.38. The molecular weight excluding hydrogens is 280 g/mol. The van der Waals surface area contributed by atoms with E-state index in [4.69, 9.17) is 10.5 Å². The summed E-state index contributed by atoms with van der Waals surface area (Å²) in [4.78, 5) is 11.8. The number of benzene rings is 1. The number of ether oxygens (including phenoxy) is 1. The lowest BCUT2D eigenvalue weighted by atomic mass is 10.0. The Morgan fingerprint density at radius 1 is 1.41 bits per heavy atom. The van der Waals surface area contributed by atoms with Crippen LogP contribution < -0.4 is 15.8 Å². The van der Waals surface area contributed by atoms with Crippen molar-refractivity contribution in [1.82, 2.24) is 15.1 Å². The Morgan fingerprint density at radius 3 is 2.86 bits per heavy atom. The fourth-order valence-corrected chi connectivity index (χ4v) is 2.19. The van der Waals surface area contributed by atoms with Crippen LogP contribution in [-0.4, -0.2) is 29.3 Å². The zero-order valence-electron chi connectivity index (χ0n) is 13.2. The molecule has 3 N–H and O–H groups in total. The topological polar surface area (TPSA) is 82.2 Å². The van der Waals surface area contributed by atoms with E-state index in [0.717, 1.165) is 24.0 Å². The zero-order valence-corrected chi connectivity index (χ0v) is 13.2. The molecule has 22 heavy (non-hydrogen) atoms. The van der Waals surface area contributed by atoms with Gasteiger partial charge in [-0.15, -0.1) is 0 Å². The van der Waals surface area contributed by atoms with Crippen LogP contribution in [-0.2, 0) is 7.05 Å². The number of unbranched alkanes of at least 4 members (excludes halogenated alkanes) is 1. The van der Waals surface area contributed by atoms with Gasteiger partial charge in [0.2, 0.25) is 5.88 Å². The maximum atomic E-state index is 11.8. The van der Waals surface area contributed by atoms with Crippen LogP contribution in [0, 0.1) is 0 Å². The molecule has 2 aromatic rings. The Hall–Kier alpha value is -2.50. The molecule has 0 atom stereocenters. The second-order valence-electron chi connectivity index (χ2n) is 5.11. The van der Waals surface area contributed by atoms with Crippen LogP contribution in [0.1, 0.15) is 30.1 Å². The van der Waals surface area contributed by atoms with E-state index in [1.54, 1.807) is 30.1 Å². The van der Waals surface area contributed by atoms with Crippen molar-refractivity contribution in [2.45, 2.75) is 19.8 Å². The van der Waals surface area contributed by atoms with Gasteiger partial charge in [0.15, 0.2) is 0 Å². The van der Waals surface area contributed by atoms with Gasteiger partial charge in [-0.2, -0.15) is 5.10 Å². The number of nitrogens with two attached hydrogens (primary N) is 1. The number of hydrogen-bond acceptors (Lipinski definition) is 4. The van der Waals surface area contributed by atoms with E-state index >= 15 is 0 Å². The largest absolute Gasteiger partial charge is 0.477 e. The molecule has 0 aliphatic rings. The highest BCUT2D eigenvalue weighted by atomic mass is 16.5. The number of nitrogen functional groups attached to an aromatic ring is 1. The van der Waals surface area contributed by atoms with Gasteiger partial charge in [0.1, 0.15) is 0 Å². The molecule has 0 unspecified atom stereocenters. The monoisotopic (exact) mass is 302 g/mol. The summed E-state index contributed by atoms with van der Waals surface area (Å²) in [6.45, 7) is 2.74. The highest BCUT2D eigenvalue weighted by molar-refractivity contribution is 5.96. The quantitative estimate of drug-likeness (QED) is 0.633. The van der Waals surface area contributed by atoms with Crippen molar-refractivity contribution < 1.29 is 9.53 Å². The number of nitrogens with zero attached hydrogens (tertiary/aromatic N) is 2. The van der Waals surface area contributed by atoms with Gasteiger partial charge in [0.05, 0.1) is 18.4 Å². The van der Waals surface area contributed by atoms with Crippen LogP contribution >= 0.6 is 0 Å². The molecular formula is C16H22N4O2. The summed E-state index contributed by atoms with van der Waals surface area (Å²) in [7, 11) is 3.42. The first kappa shape index (κ1) is 15.9. The Bertz CT molecular complexity index is 664. The number of carbonyl (C=O) groups excluding carboxylic acids is 1. The minimum absolute atomic E-state index is 0.175. The molecule has 0 aliphatic carbocycles. The lowest BCUT2D eigenvalue weighted by molar-refractivity contribution is 0.0963. The van der Waals surface area contributed by atoms with Crippen LogP contribution in [0.15, 0.2) is 24.4 Å². The fraction of sp³-hybridized carbons (Fsp3) is 0.375. The third kappa shape index (κ3) is 3.39. The fourth-order valence-electron chi connectivity index (χ4n) is 2.19. The van der Waals surface area contributed by atoms with Gasteiger partial charge in [-0.1, -0.05) is 13.3 Å². The predicted molar refractivity (Wildman–Crippen MR) is 86.8 cm³/mol.